The number of carboxylic acid groups (broad SMARTS) is 3. The van der Waals surface area contributed by atoms with E-state index in [1.165, 1.54) is 18.2 Å². The van der Waals surface area contributed by atoms with Crippen molar-refractivity contribution in [3.8, 4) is 11.5 Å². The van der Waals surface area contributed by atoms with Crippen LogP contribution in [-0.4, -0.2) is 192 Å². The van der Waals surface area contributed by atoms with Gasteiger partial charge in [0, 0.05) is 19.1 Å². The first kappa shape index (κ1) is 56.6. The lowest BCUT2D eigenvalue weighted by Gasteiger charge is -2.25. The number of aliphatic hydroxyl groups excluding tert-OH is 4. The first-order valence-electron chi connectivity index (χ1n) is 19.6. The maximum Gasteiger partial charge on any atom is 0.335 e. The van der Waals surface area contributed by atoms with Crippen LogP contribution in [0.1, 0.15) is 48.9 Å². The number of rotatable bonds is 30. The second-order valence-corrected chi connectivity index (χ2v) is 14.1. The van der Waals surface area contributed by atoms with Crippen LogP contribution in [0.2, 0.25) is 0 Å². The van der Waals surface area contributed by atoms with Crippen molar-refractivity contribution >= 4 is 65.2 Å². The molecule has 0 spiro atoms. The largest absolute Gasteiger partial charge is 0.504 e. The molecule has 0 aliphatic heterocycles. The van der Waals surface area contributed by atoms with E-state index in [-0.39, 0.29) is 43.9 Å². The molecule has 0 heterocycles. The van der Waals surface area contributed by atoms with Crippen LogP contribution < -0.4 is 54.4 Å². The molecule has 0 fully saturated rings. The number of nitrogens with two attached hydrogens (primary N) is 3. The molecule has 368 valence electrons. The van der Waals surface area contributed by atoms with E-state index < -0.39 is 145 Å². The highest BCUT2D eigenvalue weighted by Crippen LogP contribution is 2.27. The molecule has 0 bridgehead atoms. The lowest BCUT2D eigenvalue weighted by atomic mass is 10.0. The van der Waals surface area contributed by atoms with Gasteiger partial charge in [-0.25, -0.2) is 14.4 Å². The van der Waals surface area contributed by atoms with Crippen LogP contribution in [0, 0.1) is 0 Å². The molecular weight excluding hydrogens is 890 g/mol. The van der Waals surface area contributed by atoms with Crippen molar-refractivity contribution in [3.63, 3.8) is 0 Å². The molecule has 1 aromatic rings. The van der Waals surface area contributed by atoms with E-state index in [1.807, 2.05) is 5.32 Å². The summed E-state index contributed by atoms with van der Waals surface area (Å²) in [6.45, 7) is -3.10. The highest BCUT2D eigenvalue weighted by molar-refractivity contribution is 5.98. The summed E-state index contributed by atoms with van der Waals surface area (Å²) in [6.07, 6.45) is -6.85. The summed E-state index contributed by atoms with van der Waals surface area (Å²) in [5.41, 5.74) is 16.4. The minimum atomic E-state index is -2.71. The zero-order valence-corrected chi connectivity index (χ0v) is 34.9. The van der Waals surface area contributed by atoms with Crippen molar-refractivity contribution in [1.29, 1.82) is 0 Å². The quantitative estimate of drug-likeness (QED) is 0.0147. The van der Waals surface area contributed by atoms with Crippen LogP contribution >= 0.6 is 0 Å². The van der Waals surface area contributed by atoms with E-state index in [0.717, 1.165) is 0 Å². The maximum atomic E-state index is 13.3. The molecule has 0 unspecified atom stereocenters. The molecule has 0 aliphatic rings. The average Bonchev–Trinajstić information content (AvgIpc) is 3.25. The van der Waals surface area contributed by atoms with Crippen LogP contribution in [0.25, 0.3) is 0 Å². The number of carbonyl (C=O) groups excluding carboxylic acids is 7. The molecule has 0 aromatic heterocycles. The standard InChI is InChI=1S/C36H55N11O19/c37-16(6-1-2-9-40-29(57)15-5-3-8-19(49)26(15)54)20(50)11-21(51)45-18(14-48)30(58)42-12-22(52)44-17(7-4-10-41-36(38)39)31(59)47-24(27(55)34(63)64)32(60)43-13-23(53)46-25(33(61)62)28(56)35(65)66/h3,5,8,16-18,20,24-25,27-28,48-50,54-56H,1-2,4,6-7,9-14,37H2,(H,40,57)(H,42,58)(H,43,60)(H,44,52)(H,45,51)(H,46,53)(H,47,59)(H,61,62)(H,63,64)(H,65,66)(H4,38,39,41)/t16-,17+,18-,20+,24+,25+,27+,28+/m1/s1. The number of hydrogen-bond acceptors (Lipinski definition) is 18. The number of phenolic OH excluding ortho intramolecular Hbond substituents is 2. The minimum Gasteiger partial charge on any atom is -0.504 e. The van der Waals surface area contributed by atoms with Gasteiger partial charge in [0.15, 0.2) is 35.7 Å². The number of benzene rings is 1. The summed E-state index contributed by atoms with van der Waals surface area (Å²) in [5, 5.41) is 101. The van der Waals surface area contributed by atoms with E-state index >= 15 is 0 Å². The fraction of sp³-hybridized carbons (Fsp3) is 0.528. The van der Waals surface area contributed by atoms with E-state index in [2.05, 4.69) is 26.3 Å². The third-order valence-electron chi connectivity index (χ3n) is 8.98. The van der Waals surface area contributed by atoms with Crippen molar-refractivity contribution in [1.82, 2.24) is 37.2 Å². The summed E-state index contributed by atoms with van der Waals surface area (Å²) in [7, 11) is 0. The SMILES string of the molecule is NC(N)=NCCC[C@H](NC(=O)CNC(=O)[C@@H](CO)NC(=O)C[C@H](O)[C@H](N)CCCCNC(=O)c1cccc(O)c1O)C(=O)N[C@H](C(=O)NCC(=O)N[C@H](C(=O)O)[C@H](O)C(=O)O)[C@H](O)C(=O)O. The van der Waals surface area contributed by atoms with Crippen LogP contribution in [-0.2, 0) is 43.2 Å². The van der Waals surface area contributed by atoms with Gasteiger partial charge in [0.05, 0.1) is 37.8 Å². The number of aliphatic hydroxyl groups is 4. The molecule has 66 heavy (non-hydrogen) atoms. The maximum absolute atomic E-state index is 13.3. The highest BCUT2D eigenvalue weighted by atomic mass is 16.4. The normalized spacial score (nSPS) is 14.4. The van der Waals surface area contributed by atoms with Crippen LogP contribution in [0.15, 0.2) is 23.2 Å². The van der Waals surface area contributed by atoms with Gasteiger partial charge in [0.2, 0.25) is 35.4 Å². The Morgan fingerprint density at radius 2 is 1.21 bits per heavy atom. The Labute approximate surface area is 373 Å². The highest BCUT2D eigenvalue weighted by Gasteiger charge is 2.37. The predicted octanol–water partition coefficient (Wildman–Crippen LogP) is -8.73. The Bertz CT molecular complexity index is 1930. The third kappa shape index (κ3) is 20.0. The molecule has 1 rings (SSSR count). The van der Waals surface area contributed by atoms with E-state index in [4.69, 9.17) is 27.4 Å². The molecular formula is C36H55N11O19. The molecule has 22 N–H and O–H groups in total. The molecule has 0 saturated carbocycles. The molecule has 0 aliphatic carbocycles. The van der Waals surface area contributed by atoms with Gasteiger partial charge in [-0.2, -0.15) is 0 Å². The first-order chi connectivity index (χ1) is 30.9. The predicted molar refractivity (Wildman–Crippen MR) is 220 cm³/mol. The van der Waals surface area contributed by atoms with Crippen molar-refractivity contribution in [3.05, 3.63) is 23.8 Å². The second-order valence-electron chi connectivity index (χ2n) is 14.1. The Kier molecular flexibility index (Phi) is 24.4. The van der Waals surface area contributed by atoms with Crippen LogP contribution in [0.3, 0.4) is 0 Å². The Morgan fingerprint density at radius 3 is 1.79 bits per heavy atom. The molecule has 0 saturated heterocycles. The number of carbonyl (C=O) groups is 10. The number of aromatic hydroxyl groups is 2. The number of carboxylic acids is 3. The summed E-state index contributed by atoms with van der Waals surface area (Å²) in [4.78, 5) is 127. The number of amides is 7. The second kappa shape index (κ2) is 28.4. The van der Waals surface area contributed by atoms with Crippen molar-refractivity contribution < 1.29 is 93.9 Å². The molecule has 1 aromatic carbocycles. The lowest BCUT2D eigenvalue weighted by Crippen LogP contribution is -2.61. The van der Waals surface area contributed by atoms with Gasteiger partial charge in [-0.1, -0.05) is 12.5 Å². The van der Waals surface area contributed by atoms with Crippen LogP contribution in [0.5, 0.6) is 11.5 Å². The first-order valence-corrected chi connectivity index (χ1v) is 19.6. The van der Waals surface area contributed by atoms with Crippen molar-refractivity contribution in [2.75, 3.05) is 32.8 Å². The molecule has 8 atom stereocenters. The van der Waals surface area contributed by atoms with Gasteiger partial charge < -0.3 is 100 Å². The van der Waals surface area contributed by atoms with Gasteiger partial charge in [0.25, 0.3) is 5.91 Å². The molecule has 30 nitrogen and oxygen atoms in total. The van der Waals surface area contributed by atoms with Crippen LogP contribution in [0.4, 0.5) is 0 Å². The average molecular weight is 946 g/mol. The summed E-state index contributed by atoms with van der Waals surface area (Å²) in [6, 6.07) is -5.22. The Hall–Kier alpha value is -7.41. The number of aliphatic imine (C=N–C) groups is 1. The topological polar surface area (TPSA) is 527 Å². The summed E-state index contributed by atoms with van der Waals surface area (Å²) >= 11 is 0. The summed E-state index contributed by atoms with van der Waals surface area (Å²) < 4.78 is 0. The van der Waals surface area contributed by atoms with Gasteiger partial charge >= 0.3 is 17.9 Å². The van der Waals surface area contributed by atoms with Gasteiger partial charge in [-0.3, -0.25) is 38.6 Å². The zero-order valence-electron chi connectivity index (χ0n) is 34.9. The number of nitrogens with one attached hydrogen (secondary N) is 7. The zero-order chi connectivity index (χ0) is 50.3. The van der Waals surface area contributed by atoms with Crippen molar-refractivity contribution in [2.45, 2.75) is 87.0 Å². The fourth-order valence-corrected chi connectivity index (χ4v) is 5.41. The number of guanidine groups is 1. The molecule has 30 heteroatoms. The lowest BCUT2D eigenvalue weighted by molar-refractivity contribution is -0.157. The Balaban J connectivity index is 2.85. The van der Waals surface area contributed by atoms with Gasteiger partial charge in [-0.05, 0) is 37.8 Å². The number of phenols is 2. The number of nitrogens with zero attached hydrogens (tertiary/aromatic N) is 1. The minimum absolute atomic E-state index is 0.0614. The van der Waals surface area contributed by atoms with Gasteiger partial charge in [0.1, 0.15) is 18.1 Å². The fourth-order valence-electron chi connectivity index (χ4n) is 5.41. The van der Waals surface area contributed by atoms with Gasteiger partial charge in [-0.15, -0.1) is 0 Å². The third-order valence-corrected chi connectivity index (χ3v) is 8.98. The molecule has 7 amide bonds. The number of aliphatic carboxylic acids is 3. The van der Waals surface area contributed by atoms with E-state index in [9.17, 15) is 83.7 Å². The van der Waals surface area contributed by atoms with E-state index in [0.29, 0.717) is 12.8 Å². The van der Waals surface area contributed by atoms with E-state index in [1.54, 1.807) is 10.6 Å². The monoisotopic (exact) mass is 945 g/mol. The smallest absolute Gasteiger partial charge is 0.335 e. The summed E-state index contributed by atoms with van der Waals surface area (Å²) in [5.74, 6) is -15.6. The Morgan fingerprint density at radius 1 is 0.636 bits per heavy atom. The number of hydrogen-bond donors (Lipinski definition) is 19. The molecule has 0 radical (unpaired) electrons. The number of unbranched alkanes of at least 4 members (excludes halogenated alkanes) is 1. The van der Waals surface area contributed by atoms with Crippen molar-refractivity contribution in [2.24, 2.45) is 22.2 Å². The number of para-hydroxylation sites is 1.